The van der Waals surface area contributed by atoms with Gasteiger partial charge >= 0.3 is 5.97 Å². The van der Waals surface area contributed by atoms with Crippen molar-refractivity contribution in [2.75, 3.05) is 19.6 Å². The van der Waals surface area contributed by atoms with E-state index in [-0.39, 0.29) is 23.8 Å². The molecule has 3 atom stereocenters. The van der Waals surface area contributed by atoms with Gasteiger partial charge < -0.3 is 9.64 Å². The van der Waals surface area contributed by atoms with Crippen LogP contribution in [0.15, 0.2) is 30.3 Å². The molecule has 0 aliphatic carbocycles. The number of amides is 1. The van der Waals surface area contributed by atoms with Gasteiger partial charge in [0.2, 0.25) is 5.91 Å². The molecule has 1 amide bonds. The Morgan fingerprint density at radius 2 is 1.89 bits per heavy atom. The first-order chi connectivity index (χ1) is 13.2. The predicted molar refractivity (Wildman–Crippen MR) is 110 cm³/mol. The third-order valence-corrected chi connectivity index (χ3v) is 5.69. The van der Waals surface area contributed by atoms with Crippen molar-refractivity contribution in [1.29, 1.82) is 0 Å². The fraction of sp³-hybridized carbons (Fsp3) is 0.652. The highest BCUT2D eigenvalue weighted by molar-refractivity contribution is 5.78. The van der Waals surface area contributed by atoms with Crippen LogP contribution in [0.25, 0.3) is 0 Å². The highest BCUT2D eigenvalue weighted by Crippen LogP contribution is 2.31. The number of ether oxygens (including phenoxy) is 1. The first kappa shape index (κ1) is 20.8. The smallest absolute Gasteiger partial charge is 0.306 e. The molecule has 0 N–H and O–H groups in total. The lowest BCUT2D eigenvalue weighted by atomic mass is 9.92. The van der Waals surface area contributed by atoms with Crippen molar-refractivity contribution < 1.29 is 14.3 Å². The zero-order chi connectivity index (χ0) is 20.3. The average Bonchev–Trinajstić information content (AvgIpc) is 2.96. The lowest BCUT2D eigenvalue weighted by Gasteiger charge is -2.37. The number of hydrogen-bond donors (Lipinski definition) is 0. The van der Waals surface area contributed by atoms with Crippen LogP contribution in [0.3, 0.4) is 0 Å². The van der Waals surface area contributed by atoms with Crippen molar-refractivity contribution >= 4 is 11.9 Å². The SMILES string of the molecule is CC1CCN([C@H]2CN(Cc3ccccc3)C[C@@H]2CC(=O)OC(C)(C)C)C(=O)C1. The maximum Gasteiger partial charge on any atom is 0.306 e. The van der Waals surface area contributed by atoms with Crippen LogP contribution in [0.1, 0.15) is 52.5 Å². The Morgan fingerprint density at radius 3 is 2.54 bits per heavy atom. The molecule has 28 heavy (non-hydrogen) atoms. The molecule has 2 aliphatic rings. The molecule has 2 aliphatic heterocycles. The molecule has 2 heterocycles. The number of piperidine rings is 1. The van der Waals surface area contributed by atoms with E-state index in [4.69, 9.17) is 4.74 Å². The monoisotopic (exact) mass is 386 g/mol. The number of carbonyl (C=O) groups excluding carboxylic acids is 2. The summed E-state index contributed by atoms with van der Waals surface area (Å²) in [6.07, 6.45) is 2.03. The summed E-state index contributed by atoms with van der Waals surface area (Å²) in [5.74, 6) is 0.646. The summed E-state index contributed by atoms with van der Waals surface area (Å²) >= 11 is 0. The lowest BCUT2D eigenvalue weighted by Crippen LogP contribution is -2.49. The minimum atomic E-state index is -0.481. The van der Waals surface area contributed by atoms with Crippen molar-refractivity contribution in [2.45, 2.75) is 65.1 Å². The maximum atomic E-state index is 12.7. The van der Waals surface area contributed by atoms with Crippen molar-refractivity contribution in [3.05, 3.63) is 35.9 Å². The van der Waals surface area contributed by atoms with Gasteiger partial charge in [0, 0.05) is 44.6 Å². The van der Waals surface area contributed by atoms with Crippen LogP contribution in [-0.4, -0.2) is 53.0 Å². The average molecular weight is 387 g/mol. The molecule has 1 unspecified atom stereocenters. The van der Waals surface area contributed by atoms with E-state index in [0.29, 0.717) is 18.8 Å². The molecular weight excluding hydrogens is 352 g/mol. The first-order valence-electron chi connectivity index (χ1n) is 10.5. The predicted octanol–water partition coefficient (Wildman–Crippen LogP) is 3.48. The first-order valence-corrected chi connectivity index (χ1v) is 10.5. The topological polar surface area (TPSA) is 49.9 Å². The van der Waals surface area contributed by atoms with Gasteiger partial charge in [0.15, 0.2) is 0 Å². The van der Waals surface area contributed by atoms with Crippen LogP contribution in [0.4, 0.5) is 0 Å². The van der Waals surface area contributed by atoms with E-state index >= 15 is 0 Å². The van der Waals surface area contributed by atoms with Gasteiger partial charge in [-0.15, -0.1) is 0 Å². The van der Waals surface area contributed by atoms with E-state index in [1.807, 2.05) is 31.7 Å². The van der Waals surface area contributed by atoms with Gasteiger partial charge in [-0.05, 0) is 38.7 Å². The third-order valence-electron chi connectivity index (χ3n) is 5.69. The van der Waals surface area contributed by atoms with Crippen LogP contribution >= 0.6 is 0 Å². The molecule has 5 nitrogen and oxygen atoms in total. The number of rotatable bonds is 5. The molecule has 1 aromatic carbocycles. The molecular formula is C23H34N2O3. The van der Waals surface area contributed by atoms with Gasteiger partial charge in [0.05, 0.1) is 6.42 Å². The molecule has 0 saturated carbocycles. The summed E-state index contributed by atoms with van der Waals surface area (Å²) in [5.41, 5.74) is 0.781. The number of hydrogen-bond acceptors (Lipinski definition) is 4. The summed E-state index contributed by atoms with van der Waals surface area (Å²) in [7, 11) is 0. The van der Waals surface area contributed by atoms with E-state index in [1.54, 1.807) is 0 Å². The van der Waals surface area contributed by atoms with Crippen molar-refractivity contribution in [2.24, 2.45) is 11.8 Å². The minimum Gasteiger partial charge on any atom is -0.460 e. The van der Waals surface area contributed by atoms with Gasteiger partial charge in [-0.1, -0.05) is 37.3 Å². The number of esters is 1. The number of nitrogens with zero attached hydrogens (tertiary/aromatic N) is 2. The Hall–Kier alpha value is -1.88. The summed E-state index contributed by atoms with van der Waals surface area (Å²) in [6.45, 7) is 11.1. The molecule has 0 radical (unpaired) electrons. The van der Waals surface area contributed by atoms with E-state index < -0.39 is 5.60 Å². The van der Waals surface area contributed by atoms with Gasteiger partial charge in [-0.2, -0.15) is 0 Å². The largest absolute Gasteiger partial charge is 0.460 e. The number of benzene rings is 1. The van der Waals surface area contributed by atoms with E-state index in [9.17, 15) is 9.59 Å². The molecule has 2 fully saturated rings. The lowest BCUT2D eigenvalue weighted by molar-refractivity contribution is -0.157. The van der Waals surface area contributed by atoms with Gasteiger partial charge in [0.1, 0.15) is 5.60 Å². The summed E-state index contributed by atoms with van der Waals surface area (Å²) in [5, 5.41) is 0. The molecule has 1 aromatic rings. The van der Waals surface area contributed by atoms with Gasteiger partial charge in [-0.25, -0.2) is 0 Å². The van der Waals surface area contributed by atoms with Crippen molar-refractivity contribution in [3.63, 3.8) is 0 Å². The second kappa shape index (κ2) is 8.64. The van der Waals surface area contributed by atoms with Crippen LogP contribution < -0.4 is 0 Å². The summed E-state index contributed by atoms with van der Waals surface area (Å²) in [6, 6.07) is 10.5. The summed E-state index contributed by atoms with van der Waals surface area (Å²) in [4.78, 5) is 29.6. The zero-order valence-electron chi connectivity index (χ0n) is 17.7. The van der Waals surface area contributed by atoms with E-state index in [1.165, 1.54) is 5.56 Å². The quantitative estimate of drug-likeness (QED) is 0.727. The maximum absolute atomic E-state index is 12.7. The Balaban J connectivity index is 1.71. The highest BCUT2D eigenvalue weighted by atomic mass is 16.6. The molecule has 5 heteroatoms. The highest BCUT2D eigenvalue weighted by Gasteiger charge is 2.41. The standard InChI is InChI=1S/C23H34N2O3/c1-17-10-11-25(21(26)12-17)20-16-24(14-18-8-6-5-7-9-18)15-19(20)13-22(27)28-23(2,3)4/h5-9,17,19-20H,10-16H2,1-4H3/t17?,19-,20-/m0/s1. The molecule has 154 valence electrons. The fourth-order valence-electron chi connectivity index (χ4n) is 4.42. The van der Waals surface area contributed by atoms with Crippen LogP contribution in [-0.2, 0) is 20.9 Å². The van der Waals surface area contributed by atoms with E-state index in [0.717, 1.165) is 32.6 Å². The summed E-state index contributed by atoms with van der Waals surface area (Å²) < 4.78 is 5.57. The third kappa shape index (κ3) is 5.57. The zero-order valence-corrected chi connectivity index (χ0v) is 17.7. The normalized spacial score (nSPS) is 26.5. The Kier molecular flexibility index (Phi) is 6.43. The van der Waals surface area contributed by atoms with Crippen molar-refractivity contribution in [3.8, 4) is 0 Å². The molecule has 0 bridgehead atoms. The van der Waals surface area contributed by atoms with Crippen LogP contribution in [0, 0.1) is 11.8 Å². The van der Waals surface area contributed by atoms with Gasteiger partial charge in [0.25, 0.3) is 0 Å². The Labute approximate surface area is 169 Å². The minimum absolute atomic E-state index is 0.0937. The fourth-order valence-corrected chi connectivity index (χ4v) is 4.42. The van der Waals surface area contributed by atoms with Crippen molar-refractivity contribution in [1.82, 2.24) is 9.80 Å². The van der Waals surface area contributed by atoms with E-state index in [2.05, 4.69) is 36.1 Å². The van der Waals surface area contributed by atoms with Crippen LogP contribution in [0.5, 0.6) is 0 Å². The van der Waals surface area contributed by atoms with Crippen LogP contribution in [0.2, 0.25) is 0 Å². The Bertz CT molecular complexity index is 683. The molecule has 3 rings (SSSR count). The second-order valence-corrected chi connectivity index (χ2v) is 9.48. The number of likely N-dealkylation sites (tertiary alicyclic amines) is 2. The molecule has 2 saturated heterocycles. The Morgan fingerprint density at radius 1 is 1.18 bits per heavy atom. The van der Waals surface area contributed by atoms with Gasteiger partial charge in [-0.3, -0.25) is 14.5 Å². The number of carbonyl (C=O) groups is 2. The second-order valence-electron chi connectivity index (χ2n) is 9.48. The molecule has 0 aromatic heterocycles. The molecule has 0 spiro atoms.